The van der Waals surface area contributed by atoms with Gasteiger partial charge in [-0.05, 0) is 67.8 Å². The smallest absolute Gasteiger partial charge is 0.260 e. The number of aryl methyl sites for hydroxylation is 1. The molecule has 1 aliphatic heterocycles. The van der Waals surface area contributed by atoms with Crippen LogP contribution >= 0.6 is 23.2 Å². The van der Waals surface area contributed by atoms with Gasteiger partial charge in [0, 0.05) is 46.7 Å². The van der Waals surface area contributed by atoms with E-state index in [-0.39, 0.29) is 23.4 Å². The Morgan fingerprint density at radius 1 is 1.03 bits per heavy atom. The molecule has 1 N–H and O–H groups in total. The summed E-state index contributed by atoms with van der Waals surface area (Å²) in [4.78, 5) is 32.5. The van der Waals surface area contributed by atoms with E-state index in [0.29, 0.717) is 40.5 Å². The van der Waals surface area contributed by atoms with Gasteiger partial charge in [0.25, 0.3) is 5.56 Å². The minimum atomic E-state index is -0.174. The quantitative estimate of drug-likeness (QED) is 0.521. The number of hydrogen-bond acceptors (Lipinski definition) is 4. The van der Waals surface area contributed by atoms with Crippen LogP contribution in [-0.4, -0.2) is 34.6 Å². The number of hydrogen-bond donors (Lipinski definition) is 1. The molecule has 0 radical (unpaired) electrons. The molecule has 0 spiro atoms. The van der Waals surface area contributed by atoms with Crippen molar-refractivity contribution >= 4 is 34.9 Å². The van der Waals surface area contributed by atoms with E-state index >= 15 is 0 Å². The number of aromatic nitrogens is 2. The highest BCUT2D eigenvalue weighted by molar-refractivity contribution is 6.31. The van der Waals surface area contributed by atoms with Gasteiger partial charge in [-0.2, -0.15) is 0 Å². The summed E-state index contributed by atoms with van der Waals surface area (Å²) in [5.74, 6) is 1.22. The van der Waals surface area contributed by atoms with Gasteiger partial charge in [-0.15, -0.1) is 0 Å². The van der Waals surface area contributed by atoms with Crippen LogP contribution < -0.4 is 15.8 Å². The molecule has 0 saturated carbocycles. The number of nitrogens with one attached hydrogen (secondary N) is 1. The van der Waals surface area contributed by atoms with Crippen molar-refractivity contribution in [1.82, 2.24) is 14.9 Å². The van der Waals surface area contributed by atoms with Crippen molar-refractivity contribution in [2.75, 3.05) is 18.0 Å². The highest BCUT2D eigenvalue weighted by Crippen LogP contribution is 2.28. The Morgan fingerprint density at radius 3 is 2.29 bits per heavy atom. The third-order valence-corrected chi connectivity index (χ3v) is 6.60. The van der Waals surface area contributed by atoms with E-state index in [9.17, 15) is 9.59 Å². The first kappa shape index (κ1) is 24.3. The number of amides is 1. The lowest BCUT2D eigenvalue weighted by Crippen LogP contribution is -2.46. The molecule has 0 aliphatic carbocycles. The highest BCUT2D eigenvalue weighted by Gasteiger charge is 2.24. The maximum absolute atomic E-state index is 13.4. The molecule has 2 heterocycles. The molecule has 178 valence electrons. The number of halogens is 2. The lowest BCUT2D eigenvalue weighted by molar-refractivity contribution is -0.124. The van der Waals surface area contributed by atoms with Crippen LogP contribution in [0.4, 0.5) is 5.82 Å². The zero-order valence-corrected chi connectivity index (χ0v) is 21.0. The molecule has 8 heteroatoms. The van der Waals surface area contributed by atoms with E-state index in [1.807, 2.05) is 45.0 Å². The van der Waals surface area contributed by atoms with Crippen molar-refractivity contribution in [2.45, 2.75) is 39.7 Å². The number of carbonyl (C=O) groups is 1. The van der Waals surface area contributed by atoms with Gasteiger partial charge < -0.3 is 10.2 Å². The lowest BCUT2D eigenvalue weighted by atomic mass is 10.0. The van der Waals surface area contributed by atoms with E-state index in [2.05, 4.69) is 10.2 Å². The van der Waals surface area contributed by atoms with Crippen LogP contribution in [0.5, 0.6) is 0 Å². The number of carbonyl (C=O) groups excluding carboxylic acids is 1. The largest absolute Gasteiger partial charge is 0.356 e. The molecule has 1 aliphatic rings. The van der Waals surface area contributed by atoms with E-state index in [4.69, 9.17) is 28.2 Å². The molecule has 6 nitrogen and oxygen atoms in total. The van der Waals surface area contributed by atoms with Gasteiger partial charge in [0.1, 0.15) is 11.6 Å². The fourth-order valence-corrected chi connectivity index (χ4v) is 4.50. The molecule has 34 heavy (non-hydrogen) atoms. The van der Waals surface area contributed by atoms with Crippen molar-refractivity contribution in [2.24, 2.45) is 5.92 Å². The van der Waals surface area contributed by atoms with Crippen molar-refractivity contribution in [3.63, 3.8) is 0 Å². The highest BCUT2D eigenvalue weighted by atomic mass is 35.5. The van der Waals surface area contributed by atoms with Crippen LogP contribution in [0.1, 0.15) is 32.3 Å². The molecular formula is C26H28Cl2N4O2. The summed E-state index contributed by atoms with van der Waals surface area (Å²) in [5.41, 5.74) is 2.27. The van der Waals surface area contributed by atoms with Gasteiger partial charge in [0.15, 0.2) is 0 Å². The summed E-state index contributed by atoms with van der Waals surface area (Å²) in [6.45, 7) is 7.16. The zero-order valence-electron chi connectivity index (χ0n) is 19.5. The average Bonchev–Trinajstić information content (AvgIpc) is 2.80. The predicted octanol–water partition coefficient (Wildman–Crippen LogP) is 5.26. The Morgan fingerprint density at radius 2 is 1.68 bits per heavy atom. The molecule has 1 aromatic heterocycles. The van der Waals surface area contributed by atoms with Crippen LogP contribution in [0.3, 0.4) is 0 Å². The summed E-state index contributed by atoms with van der Waals surface area (Å²) in [5, 5.41) is 4.34. The van der Waals surface area contributed by atoms with E-state index < -0.39 is 0 Å². The van der Waals surface area contributed by atoms with Crippen LogP contribution in [-0.2, 0) is 4.79 Å². The van der Waals surface area contributed by atoms with E-state index in [1.165, 1.54) is 0 Å². The first-order valence-corrected chi connectivity index (χ1v) is 12.2. The number of benzene rings is 2. The van der Waals surface area contributed by atoms with Gasteiger partial charge in [-0.25, -0.2) is 4.98 Å². The van der Waals surface area contributed by atoms with E-state index in [0.717, 1.165) is 24.0 Å². The normalized spacial score (nSPS) is 14.5. The molecular weight excluding hydrogens is 471 g/mol. The minimum Gasteiger partial charge on any atom is -0.356 e. The number of rotatable bonds is 5. The molecule has 0 unspecified atom stereocenters. The maximum Gasteiger partial charge on any atom is 0.260 e. The molecule has 1 fully saturated rings. The van der Waals surface area contributed by atoms with Gasteiger partial charge >= 0.3 is 0 Å². The Labute approximate surface area is 209 Å². The van der Waals surface area contributed by atoms with Crippen molar-refractivity contribution in [3.8, 4) is 17.1 Å². The molecule has 0 atom stereocenters. The second kappa shape index (κ2) is 10.2. The van der Waals surface area contributed by atoms with Gasteiger partial charge in [-0.1, -0.05) is 37.0 Å². The maximum atomic E-state index is 13.4. The van der Waals surface area contributed by atoms with Crippen molar-refractivity contribution in [1.29, 1.82) is 0 Å². The van der Waals surface area contributed by atoms with Gasteiger partial charge in [-0.3, -0.25) is 14.2 Å². The van der Waals surface area contributed by atoms with Gasteiger partial charge in [0.2, 0.25) is 5.91 Å². The van der Waals surface area contributed by atoms with Crippen LogP contribution in [0.25, 0.3) is 17.1 Å². The first-order valence-electron chi connectivity index (χ1n) is 11.4. The molecule has 1 amide bonds. The standard InChI is InChI=1S/C26H28Cl2N4O2/c1-16(2)26(34)29-20-10-12-31(13-11-20)23-15-24(33)32(21-7-4-18(27)5-8-21)25(30-23)22-9-6-19(28)14-17(22)3/h4-9,14-16,20H,10-13H2,1-3H3,(H,29,34). The topological polar surface area (TPSA) is 67.2 Å². The van der Waals surface area contributed by atoms with E-state index in [1.54, 1.807) is 28.8 Å². The summed E-state index contributed by atoms with van der Waals surface area (Å²) in [6, 6.07) is 14.4. The molecule has 1 saturated heterocycles. The third kappa shape index (κ3) is 5.29. The average molecular weight is 499 g/mol. The Hall–Kier alpha value is -2.83. The number of nitrogens with zero attached hydrogens (tertiary/aromatic N) is 3. The number of piperidine rings is 1. The predicted molar refractivity (Wildman–Crippen MR) is 138 cm³/mol. The summed E-state index contributed by atoms with van der Waals surface area (Å²) >= 11 is 12.3. The number of anilines is 1. The van der Waals surface area contributed by atoms with Crippen molar-refractivity contribution in [3.05, 3.63) is 74.5 Å². The third-order valence-electron chi connectivity index (χ3n) is 6.11. The zero-order chi connectivity index (χ0) is 24.4. The summed E-state index contributed by atoms with van der Waals surface area (Å²) in [7, 11) is 0. The van der Waals surface area contributed by atoms with Crippen LogP contribution in [0.15, 0.2) is 53.3 Å². The van der Waals surface area contributed by atoms with Crippen LogP contribution in [0, 0.1) is 12.8 Å². The second-order valence-corrected chi connectivity index (χ2v) is 9.84. The lowest BCUT2D eigenvalue weighted by Gasteiger charge is -2.33. The fraction of sp³-hybridized carbons (Fsp3) is 0.346. The first-order chi connectivity index (χ1) is 16.2. The SMILES string of the molecule is Cc1cc(Cl)ccc1-c1nc(N2CCC(NC(=O)C(C)C)CC2)cc(=O)n1-c1ccc(Cl)cc1. The monoisotopic (exact) mass is 498 g/mol. The Balaban J connectivity index is 1.71. The molecule has 3 aromatic rings. The van der Waals surface area contributed by atoms with Crippen LogP contribution in [0.2, 0.25) is 10.0 Å². The molecule has 0 bridgehead atoms. The Bertz CT molecular complexity index is 1250. The molecule has 4 rings (SSSR count). The minimum absolute atomic E-state index is 0.0367. The summed E-state index contributed by atoms with van der Waals surface area (Å²) in [6.07, 6.45) is 1.60. The van der Waals surface area contributed by atoms with Crippen molar-refractivity contribution < 1.29 is 4.79 Å². The molecule has 2 aromatic carbocycles. The van der Waals surface area contributed by atoms with Gasteiger partial charge in [0.05, 0.1) is 5.69 Å². The Kier molecular flexibility index (Phi) is 7.29. The second-order valence-electron chi connectivity index (χ2n) is 8.97. The summed E-state index contributed by atoms with van der Waals surface area (Å²) < 4.78 is 1.60. The fourth-order valence-electron chi connectivity index (χ4n) is 4.15.